The number of nitrogens with two attached hydrogens (primary N) is 1. The van der Waals surface area contributed by atoms with Crippen LogP contribution in [-0.4, -0.2) is 80.9 Å². The van der Waals surface area contributed by atoms with Gasteiger partial charge in [0.05, 0.1) is 17.7 Å². The normalized spacial score (nSPS) is 35.2. The van der Waals surface area contributed by atoms with Gasteiger partial charge in [0.2, 0.25) is 11.8 Å². The zero-order valence-corrected chi connectivity index (χ0v) is 27.3. The Morgan fingerprint density at radius 2 is 1.56 bits per heavy atom. The quantitative estimate of drug-likeness (QED) is 0.283. The first-order chi connectivity index (χ1) is 19.1. The van der Waals surface area contributed by atoms with E-state index in [1.165, 1.54) is 9.80 Å². The second kappa shape index (κ2) is 10.8. The average molecular weight is 606 g/mol. The fraction of sp³-hybridized carbons (Fsp3) is 0.483. The Bertz CT molecular complexity index is 1470. The van der Waals surface area contributed by atoms with E-state index in [2.05, 4.69) is 0 Å². The third-order valence-corrected chi connectivity index (χ3v) is 20.2. The van der Waals surface area contributed by atoms with E-state index in [9.17, 15) is 28.6 Å². The van der Waals surface area contributed by atoms with Crippen molar-refractivity contribution in [2.75, 3.05) is 25.4 Å². The molecule has 4 fully saturated rings. The predicted octanol–water partition coefficient (Wildman–Crippen LogP) is -1.08. The zero-order valence-electron chi connectivity index (χ0n) is 23.5. The Hall–Kier alpha value is -1.73. The number of carboxylic acids is 1. The standard InChI is InChI=1S/C29H35N3O6P2.Na/c1-20(30)25(33)31-16-8-13-23(31)26(34)32-19-24-29(39(24,37)17-14-21-9-4-2-5-10-21)28(32,27(35)36)40(29,38)18-15-22-11-6-3-7-12-22;/h2-7,9-12,20,23-24H,8,13-19,30H2,1H3,(H,35,36);/q;+1/p-1/t20-,23-,24?,28-,29?,39?,40?;/m0./s1. The van der Waals surface area contributed by atoms with Gasteiger partial charge in [0.25, 0.3) is 0 Å². The molecule has 2 aromatic carbocycles. The molecule has 7 atom stereocenters. The Kier molecular flexibility index (Phi) is 8.07. The van der Waals surface area contributed by atoms with E-state index in [0.717, 1.165) is 11.1 Å². The van der Waals surface area contributed by atoms with Crippen molar-refractivity contribution in [2.45, 2.75) is 60.5 Å². The van der Waals surface area contributed by atoms with Gasteiger partial charge in [-0.1, -0.05) is 60.7 Å². The van der Waals surface area contributed by atoms with Gasteiger partial charge >= 0.3 is 29.6 Å². The van der Waals surface area contributed by atoms with Gasteiger partial charge in [0, 0.05) is 25.4 Å². The van der Waals surface area contributed by atoms with E-state index in [1.807, 2.05) is 60.7 Å². The number of hydrogen-bond acceptors (Lipinski definition) is 7. The predicted molar refractivity (Wildman–Crippen MR) is 150 cm³/mol. The van der Waals surface area contributed by atoms with Gasteiger partial charge in [-0.05, 0) is 43.7 Å². The van der Waals surface area contributed by atoms with Gasteiger partial charge in [-0.3, -0.25) is 9.59 Å². The first kappa shape index (κ1) is 30.7. The van der Waals surface area contributed by atoms with Gasteiger partial charge in [-0.15, -0.1) is 0 Å². The number of carbonyl (C=O) groups excluding carboxylic acids is 3. The number of aryl methyl sites for hydroxylation is 2. The van der Waals surface area contributed by atoms with Crippen LogP contribution in [0.4, 0.5) is 0 Å². The fourth-order valence-electron chi connectivity index (χ4n) is 7.91. The van der Waals surface area contributed by atoms with Crippen LogP contribution in [0.5, 0.6) is 0 Å². The van der Waals surface area contributed by atoms with Gasteiger partial charge in [-0.2, -0.15) is 0 Å². The zero-order chi connectivity index (χ0) is 28.5. The Labute approximate surface area is 262 Å². The molecule has 212 valence electrons. The van der Waals surface area contributed by atoms with E-state index in [1.54, 1.807) is 6.92 Å². The average Bonchev–Trinajstić information content (AvgIpc) is 3.40. The van der Waals surface area contributed by atoms with Gasteiger partial charge in [0.15, 0.2) is 5.28 Å². The summed E-state index contributed by atoms with van der Waals surface area (Å²) in [7, 11) is -6.96. The van der Waals surface area contributed by atoms with Crippen LogP contribution in [0, 0.1) is 0 Å². The first-order valence-corrected chi connectivity index (χ1v) is 17.8. The summed E-state index contributed by atoms with van der Waals surface area (Å²) >= 11 is 0. The Morgan fingerprint density at radius 3 is 2.10 bits per heavy atom. The minimum Gasteiger partial charge on any atom is -0.547 e. The molecular formula is C29H34N3NaO6P2. The minimum atomic E-state index is -3.72. The summed E-state index contributed by atoms with van der Waals surface area (Å²) < 4.78 is 29.6. The Balaban J connectivity index is 0.00000337. The van der Waals surface area contributed by atoms with E-state index >= 15 is 0 Å². The summed E-state index contributed by atoms with van der Waals surface area (Å²) in [6.07, 6.45) is 2.05. The molecule has 2 aromatic rings. The molecular weight excluding hydrogens is 571 g/mol. The van der Waals surface area contributed by atoms with Crippen molar-refractivity contribution < 1.29 is 58.2 Å². The molecule has 6 rings (SSSR count). The van der Waals surface area contributed by atoms with Gasteiger partial charge < -0.3 is 34.6 Å². The van der Waals surface area contributed by atoms with Crippen LogP contribution in [0.25, 0.3) is 0 Å². The first-order valence-electron chi connectivity index (χ1n) is 13.9. The van der Waals surface area contributed by atoms with Crippen molar-refractivity contribution in [3.05, 3.63) is 71.8 Å². The molecule has 2 N–H and O–H groups in total. The van der Waals surface area contributed by atoms with Crippen LogP contribution in [0.15, 0.2) is 60.7 Å². The SMILES string of the molecule is C[C@H](N)C(=O)N1CCC[C@H]1C(=O)N1CC2C3([C@]1(C(=O)[O-])P3(=O)CCc1ccccc1)P2(=O)CCc1ccccc1.[Na+]. The van der Waals surface area contributed by atoms with E-state index < -0.39 is 54.1 Å². The van der Waals surface area contributed by atoms with Crippen LogP contribution < -0.4 is 40.4 Å². The van der Waals surface area contributed by atoms with E-state index in [-0.39, 0.29) is 54.3 Å². The molecule has 9 nitrogen and oxygen atoms in total. The second-order valence-electron chi connectivity index (χ2n) is 11.6. The van der Waals surface area contributed by atoms with Crippen molar-refractivity contribution in [3.8, 4) is 0 Å². The summed E-state index contributed by atoms with van der Waals surface area (Å²) in [5.41, 5.74) is 7.06. The molecule has 2 amide bonds. The number of nitrogens with zero attached hydrogens (tertiary/aromatic N) is 2. The van der Waals surface area contributed by atoms with Crippen molar-refractivity contribution >= 4 is 32.1 Å². The number of benzene rings is 2. The maximum atomic E-state index is 15.0. The molecule has 4 heterocycles. The van der Waals surface area contributed by atoms with Crippen LogP contribution >= 0.6 is 14.3 Å². The van der Waals surface area contributed by atoms with Gasteiger partial charge in [-0.25, -0.2) is 0 Å². The second-order valence-corrected chi connectivity index (χ2v) is 18.6. The molecule has 0 bridgehead atoms. The smallest absolute Gasteiger partial charge is 0.547 e. The molecule has 0 aromatic heterocycles. The maximum Gasteiger partial charge on any atom is 1.00 e. The number of amides is 2. The Morgan fingerprint density at radius 1 is 1.00 bits per heavy atom. The number of carboxylic acid groups (broad SMARTS) is 1. The molecule has 0 aliphatic carbocycles. The van der Waals surface area contributed by atoms with Crippen LogP contribution in [0.2, 0.25) is 0 Å². The molecule has 12 heteroatoms. The van der Waals surface area contributed by atoms with Crippen molar-refractivity contribution in [1.29, 1.82) is 0 Å². The maximum absolute atomic E-state index is 15.0. The number of aliphatic carboxylic acids is 1. The van der Waals surface area contributed by atoms with Crippen molar-refractivity contribution in [3.63, 3.8) is 0 Å². The fourth-order valence-corrected chi connectivity index (χ4v) is 21.9. The molecule has 0 radical (unpaired) electrons. The van der Waals surface area contributed by atoms with E-state index in [0.29, 0.717) is 32.2 Å². The molecule has 4 aliphatic rings. The monoisotopic (exact) mass is 605 g/mol. The van der Waals surface area contributed by atoms with Crippen molar-refractivity contribution in [2.24, 2.45) is 5.73 Å². The van der Waals surface area contributed by atoms with E-state index in [4.69, 9.17) is 5.73 Å². The third-order valence-electron chi connectivity index (χ3n) is 9.65. The molecule has 0 saturated carbocycles. The van der Waals surface area contributed by atoms with Gasteiger partial charge in [0.1, 0.15) is 25.2 Å². The third kappa shape index (κ3) is 3.99. The largest absolute Gasteiger partial charge is 1.00 e. The number of hydrogen-bond donors (Lipinski definition) is 1. The van der Waals surface area contributed by atoms with Crippen molar-refractivity contribution in [1.82, 2.24) is 9.80 Å². The molecule has 41 heavy (non-hydrogen) atoms. The van der Waals surface area contributed by atoms with Crippen LogP contribution in [0.1, 0.15) is 30.9 Å². The topological polar surface area (TPSA) is 141 Å². The summed E-state index contributed by atoms with van der Waals surface area (Å²) in [4.78, 5) is 41.1. The number of carbonyl (C=O) groups is 3. The molecule has 4 unspecified atom stereocenters. The molecule has 1 spiro atoms. The van der Waals surface area contributed by atoms with Crippen LogP contribution in [-0.2, 0) is 36.4 Å². The molecule has 4 aliphatic heterocycles. The number of likely N-dealkylation sites (tertiary alicyclic amines) is 2. The summed E-state index contributed by atoms with van der Waals surface area (Å²) in [5.74, 6) is -2.51. The minimum absolute atomic E-state index is 0. The summed E-state index contributed by atoms with van der Waals surface area (Å²) in [5, 5.41) is 11.1. The van der Waals surface area contributed by atoms with Crippen LogP contribution in [0.3, 0.4) is 0 Å². The molecule has 4 saturated heterocycles. The summed E-state index contributed by atoms with van der Waals surface area (Å²) in [6.45, 7) is 1.86. The summed E-state index contributed by atoms with van der Waals surface area (Å²) in [6, 6.07) is 17.2. The number of rotatable bonds is 9.